The molecule has 0 aliphatic rings. The van der Waals surface area contributed by atoms with Crippen LogP contribution in [0.3, 0.4) is 0 Å². The van der Waals surface area contributed by atoms with Crippen LogP contribution in [0, 0.1) is 0 Å². The molecule has 8 heteroatoms. The van der Waals surface area contributed by atoms with Gasteiger partial charge >= 0.3 is 11.9 Å². The summed E-state index contributed by atoms with van der Waals surface area (Å²) in [5, 5.41) is 0. The van der Waals surface area contributed by atoms with Gasteiger partial charge in [-0.1, -0.05) is 104 Å². The molecule has 0 saturated heterocycles. The number of esters is 2. The Morgan fingerprint density at radius 1 is 0.462 bits per heavy atom. The molecule has 0 fully saturated rings. The molecule has 0 spiro atoms. The Balaban J connectivity index is -0.00000648. The number of ether oxygens (including phenoxy) is 2. The van der Waals surface area contributed by atoms with Crippen molar-refractivity contribution in [2.75, 3.05) is 67.6 Å². The predicted octanol–water partition coefficient (Wildman–Crippen LogP) is 0.905. The van der Waals surface area contributed by atoms with Gasteiger partial charge in [0.05, 0.1) is 54.5 Å². The molecule has 236 valence electrons. The van der Waals surface area contributed by atoms with Gasteiger partial charge in [0.2, 0.25) is 0 Å². The molecular weight excluding hydrogens is 535 g/mol. The zero-order chi connectivity index (χ0) is 27.8. The second-order valence-corrected chi connectivity index (χ2v) is 12.4. The SMILES string of the molecule is CCCCCCCCCCOC(=O)C[N+](C)(C)CCC[N+](C)(C)CC(=O)OCCCCCCCCCC.[Cl-].[Cl-]. The number of halogens is 2. The fourth-order valence-corrected chi connectivity index (χ4v) is 4.72. The quantitative estimate of drug-likeness (QED) is 0.0843. The third kappa shape index (κ3) is 30.2. The van der Waals surface area contributed by atoms with Crippen LogP contribution >= 0.6 is 0 Å². The second kappa shape index (κ2) is 27.6. The molecule has 0 aromatic rings. The van der Waals surface area contributed by atoms with Crippen molar-refractivity contribution in [3.05, 3.63) is 0 Å². The minimum atomic E-state index is -0.105. The molecule has 0 amide bonds. The molecule has 39 heavy (non-hydrogen) atoms. The lowest BCUT2D eigenvalue weighted by molar-refractivity contribution is -0.902. The highest BCUT2D eigenvalue weighted by atomic mass is 35.5. The molecule has 0 radical (unpaired) electrons. The Morgan fingerprint density at radius 3 is 1.05 bits per heavy atom. The van der Waals surface area contributed by atoms with Gasteiger partial charge in [0, 0.05) is 6.42 Å². The van der Waals surface area contributed by atoms with Crippen LogP contribution in [0.2, 0.25) is 0 Å². The van der Waals surface area contributed by atoms with Crippen LogP contribution in [0.5, 0.6) is 0 Å². The van der Waals surface area contributed by atoms with Crippen molar-refractivity contribution in [1.82, 2.24) is 0 Å². The molecule has 0 aliphatic carbocycles. The molecule has 0 aliphatic heterocycles. The van der Waals surface area contributed by atoms with E-state index < -0.39 is 0 Å². The Hall–Kier alpha value is -0.560. The number of carbonyl (C=O) groups excluding carboxylic acids is 2. The summed E-state index contributed by atoms with van der Waals surface area (Å²) in [5.74, 6) is -0.211. The molecular formula is C31H64Cl2N2O4. The molecule has 0 saturated carbocycles. The summed E-state index contributed by atoms with van der Waals surface area (Å²) in [6, 6.07) is 0. The molecule has 0 atom stereocenters. The normalized spacial score (nSPS) is 11.4. The van der Waals surface area contributed by atoms with Crippen molar-refractivity contribution in [2.45, 2.75) is 123 Å². The highest BCUT2D eigenvalue weighted by Crippen LogP contribution is 2.10. The van der Waals surface area contributed by atoms with E-state index in [0.29, 0.717) is 35.3 Å². The topological polar surface area (TPSA) is 52.6 Å². The lowest BCUT2D eigenvalue weighted by Crippen LogP contribution is -3.00. The van der Waals surface area contributed by atoms with Crippen molar-refractivity contribution in [3.8, 4) is 0 Å². The monoisotopic (exact) mass is 598 g/mol. The lowest BCUT2D eigenvalue weighted by Gasteiger charge is -2.32. The maximum Gasteiger partial charge on any atom is 0.361 e. The van der Waals surface area contributed by atoms with E-state index in [1.54, 1.807) is 0 Å². The van der Waals surface area contributed by atoms with E-state index in [9.17, 15) is 9.59 Å². The average molecular weight is 600 g/mol. The Morgan fingerprint density at radius 2 is 0.744 bits per heavy atom. The number of hydrogen-bond acceptors (Lipinski definition) is 4. The third-order valence-electron chi connectivity index (χ3n) is 7.16. The van der Waals surface area contributed by atoms with Crippen LogP contribution in [0.1, 0.15) is 123 Å². The summed E-state index contributed by atoms with van der Waals surface area (Å²) in [7, 11) is 8.32. The first-order valence-corrected chi connectivity index (χ1v) is 15.6. The summed E-state index contributed by atoms with van der Waals surface area (Å²) < 4.78 is 12.2. The summed E-state index contributed by atoms with van der Waals surface area (Å²) >= 11 is 0. The van der Waals surface area contributed by atoms with Gasteiger partial charge in [0.15, 0.2) is 13.1 Å². The van der Waals surface area contributed by atoms with Gasteiger partial charge in [-0.2, -0.15) is 0 Å². The molecule has 0 heterocycles. The Kier molecular flexibility index (Phi) is 30.4. The Labute approximate surface area is 254 Å². The minimum absolute atomic E-state index is 0. The van der Waals surface area contributed by atoms with Crippen molar-refractivity contribution >= 4 is 11.9 Å². The Bertz CT molecular complexity index is 527. The first-order valence-electron chi connectivity index (χ1n) is 15.6. The second-order valence-electron chi connectivity index (χ2n) is 12.4. The van der Waals surface area contributed by atoms with E-state index in [-0.39, 0.29) is 36.8 Å². The van der Waals surface area contributed by atoms with E-state index in [1.807, 2.05) is 0 Å². The van der Waals surface area contributed by atoms with Crippen LogP contribution in [-0.4, -0.2) is 88.5 Å². The van der Waals surface area contributed by atoms with Gasteiger partial charge in [0.1, 0.15) is 0 Å². The fraction of sp³-hybridized carbons (Fsp3) is 0.935. The molecule has 0 rings (SSSR count). The van der Waals surface area contributed by atoms with Gasteiger partial charge in [0.25, 0.3) is 0 Å². The van der Waals surface area contributed by atoms with Gasteiger partial charge in [-0.25, -0.2) is 9.59 Å². The van der Waals surface area contributed by atoms with Crippen molar-refractivity contribution < 1.29 is 52.8 Å². The van der Waals surface area contributed by atoms with Crippen LogP contribution < -0.4 is 24.8 Å². The van der Waals surface area contributed by atoms with E-state index in [2.05, 4.69) is 42.0 Å². The zero-order valence-corrected chi connectivity index (χ0v) is 28.1. The minimum Gasteiger partial charge on any atom is -1.00 e. The summed E-state index contributed by atoms with van der Waals surface area (Å²) in [4.78, 5) is 24.6. The molecule has 6 nitrogen and oxygen atoms in total. The van der Waals surface area contributed by atoms with E-state index in [1.165, 1.54) is 77.0 Å². The van der Waals surface area contributed by atoms with Crippen molar-refractivity contribution in [1.29, 1.82) is 0 Å². The van der Waals surface area contributed by atoms with E-state index in [4.69, 9.17) is 9.47 Å². The lowest BCUT2D eigenvalue weighted by atomic mass is 10.1. The number of rotatable bonds is 26. The van der Waals surface area contributed by atoms with E-state index in [0.717, 1.165) is 45.2 Å². The molecule has 0 aromatic heterocycles. The first kappa shape index (κ1) is 42.9. The van der Waals surface area contributed by atoms with Crippen LogP contribution in [0.4, 0.5) is 0 Å². The number of hydrogen-bond donors (Lipinski definition) is 0. The van der Waals surface area contributed by atoms with Gasteiger partial charge in [-0.15, -0.1) is 0 Å². The van der Waals surface area contributed by atoms with Crippen LogP contribution in [-0.2, 0) is 19.1 Å². The maximum atomic E-state index is 12.3. The standard InChI is InChI=1S/C31H64N2O4.2ClH/c1-7-9-11-13-15-17-19-21-26-36-30(34)28-32(3,4)24-23-25-33(5,6)29-31(35)37-27-22-20-18-16-14-12-10-8-2;;/h7-29H2,1-6H3;2*1H/q+2;;/p-2. The number of nitrogens with zero attached hydrogens (tertiary/aromatic N) is 2. The highest BCUT2D eigenvalue weighted by Gasteiger charge is 2.25. The van der Waals surface area contributed by atoms with Crippen molar-refractivity contribution in [2.24, 2.45) is 0 Å². The maximum absolute atomic E-state index is 12.3. The third-order valence-corrected chi connectivity index (χ3v) is 7.16. The molecule has 0 aromatic carbocycles. The van der Waals surface area contributed by atoms with Gasteiger partial charge < -0.3 is 43.3 Å². The summed E-state index contributed by atoms with van der Waals surface area (Å²) in [6.45, 7) is 8.11. The van der Waals surface area contributed by atoms with Crippen LogP contribution in [0.25, 0.3) is 0 Å². The smallest absolute Gasteiger partial charge is 0.361 e. The van der Waals surface area contributed by atoms with Crippen molar-refractivity contribution in [3.63, 3.8) is 0 Å². The average Bonchev–Trinajstić information content (AvgIpc) is 2.81. The molecule has 0 N–H and O–H groups in total. The molecule has 0 unspecified atom stereocenters. The highest BCUT2D eigenvalue weighted by molar-refractivity contribution is 5.70. The number of unbranched alkanes of at least 4 members (excludes halogenated alkanes) is 14. The van der Waals surface area contributed by atoms with Gasteiger partial charge in [-0.05, 0) is 12.8 Å². The van der Waals surface area contributed by atoms with E-state index >= 15 is 0 Å². The number of likely N-dealkylation sites (N-methyl/N-ethyl adjacent to an activating group) is 2. The summed E-state index contributed by atoms with van der Waals surface area (Å²) in [5.41, 5.74) is 0. The molecule has 0 bridgehead atoms. The van der Waals surface area contributed by atoms with Gasteiger partial charge in [-0.3, -0.25) is 0 Å². The number of quaternary nitrogens is 2. The van der Waals surface area contributed by atoms with Crippen LogP contribution in [0.15, 0.2) is 0 Å². The first-order chi connectivity index (χ1) is 17.6. The predicted molar refractivity (Wildman–Crippen MR) is 155 cm³/mol. The summed E-state index contributed by atoms with van der Waals surface area (Å²) in [6.07, 6.45) is 20.8. The number of carbonyl (C=O) groups is 2. The fourth-order valence-electron chi connectivity index (χ4n) is 4.72. The largest absolute Gasteiger partial charge is 1.00 e. The zero-order valence-electron chi connectivity index (χ0n) is 26.5.